The van der Waals surface area contributed by atoms with Gasteiger partial charge in [0.25, 0.3) is 5.91 Å². The lowest BCUT2D eigenvalue weighted by Crippen LogP contribution is -2.39. The zero-order valence-electron chi connectivity index (χ0n) is 18.4. The summed E-state index contributed by atoms with van der Waals surface area (Å²) in [6, 6.07) is 18.5. The van der Waals surface area contributed by atoms with E-state index in [0.717, 1.165) is 41.9 Å². The van der Waals surface area contributed by atoms with Crippen molar-refractivity contribution in [3.63, 3.8) is 0 Å². The van der Waals surface area contributed by atoms with Gasteiger partial charge in [0.15, 0.2) is 0 Å². The molecule has 2 aromatic carbocycles. The first-order chi connectivity index (χ1) is 16.2. The van der Waals surface area contributed by atoms with Gasteiger partial charge in [-0.2, -0.15) is 10.2 Å². The smallest absolute Gasteiger partial charge is 0.354 e. The Morgan fingerprint density at radius 3 is 2.42 bits per heavy atom. The van der Waals surface area contributed by atoms with Crippen molar-refractivity contribution in [3.05, 3.63) is 71.9 Å². The summed E-state index contributed by atoms with van der Waals surface area (Å²) in [5, 5.41) is 13.9. The van der Waals surface area contributed by atoms with Crippen LogP contribution in [0.25, 0.3) is 5.69 Å². The molecule has 0 bridgehead atoms. The SMILES string of the molecule is CCOC(=O)C1=NN(c2ccccc2)C(C(=O)Nc2c3c(nn2-c2ccccc2)CCC3)C1. The summed E-state index contributed by atoms with van der Waals surface area (Å²) >= 11 is 0. The molecular formula is C25H25N5O3. The minimum absolute atomic E-state index is 0.168. The van der Waals surface area contributed by atoms with E-state index in [9.17, 15) is 9.59 Å². The Bertz CT molecular complexity index is 1200. The van der Waals surface area contributed by atoms with Gasteiger partial charge in [-0.15, -0.1) is 0 Å². The number of hydrazone groups is 1. The fraction of sp³-hybridized carbons (Fsp3) is 0.280. The molecule has 8 heteroatoms. The van der Waals surface area contributed by atoms with Gasteiger partial charge in [-0.25, -0.2) is 9.48 Å². The number of rotatable bonds is 6. The maximum absolute atomic E-state index is 13.6. The third-order valence-corrected chi connectivity index (χ3v) is 5.89. The minimum atomic E-state index is -0.678. The molecule has 0 saturated heterocycles. The standard InChI is InChI=1S/C25H25N5O3/c1-2-33-25(32)21-16-22(29(28-21)17-10-5-3-6-11-17)24(31)26-23-19-14-9-15-20(19)27-30(23)18-12-7-4-8-13-18/h3-8,10-13,22H,2,9,14-16H2,1H3,(H,26,31). The molecule has 33 heavy (non-hydrogen) atoms. The molecule has 0 radical (unpaired) electrons. The number of hydrogen-bond donors (Lipinski definition) is 1. The molecule has 8 nitrogen and oxygen atoms in total. The summed E-state index contributed by atoms with van der Waals surface area (Å²) in [7, 11) is 0. The highest BCUT2D eigenvalue weighted by molar-refractivity contribution is 6.38. The van der Waals surface area contributed by atoms with Crippen molar-refractivity contribution >= 4 is 29.1 Å². The number of aromatic nitrogens is 2. The van der Waals surface area contributed by atoms with E-state index < -0.39 is 12.0 Å². The first kappa shape index (κ1) is 20.9. The quantitative estimate of drug-likeness (QED) is 0.589. The molecule has 0 fully saturated rings. The van der Waals surface area contributed by atoms with Crippen LogP contribution in [-0.2, 0) is 27.2 Å². The summed E-state index contributed by atoms with van der Waals surface area (Å²) in [4.78, 5) is 26.0. The summed E-state index contributed by atoms with van der Waals surface area (Å²) < 4.78 is 6.94. The molecule has 0 saturated carbocycles. The number of nitrogens with one attached hydrogen (secondary N) is 1. The van der Waals surface area contributed by atoms with E-state index in [-0.39, 0.29) is 24.6 Å². The fourth-order valence-electron chi connectivity index (χ4n) is 4.35. The van der Waals surface area contributed by atoms with E-state index in [1.807, 2.05) is 60.7 Å². The molecule has 2 aliphatic rings. The number of nitrogens with zero attached hydrogens (tertiary/aromatic N) is 4. The predicted molar refractivity (Wildman–Crippen MR) is 126 cm³/mol. The Labute approximate surface area is 191 Å². The molecule has 0 spiro atoms. The van der Waals surface area contributed by atoms with Crippen LogP contribution in [0.5, 0.6) is 0 Å². The van der Waals surface area contributed by atoms with Crippen LogP contribution in [0.1, 0.15) is 31.0 Å². The van der Waals surface area contributed by atoms with Crippen molar-refractivity contribution in [1.29, 1.82) is 0 Å². The predicted octanol–water partition coefficient (Wildman–Crippen LogP) is 3.50. The van der Waals surface area contributed by atoms with Crippen molar-refractivity contribution < 1.29 is 14.3 Å². The van der Waals surface area contributed by atoms with Crippen LogP contribution in [0.15, 0.2) is 65.8 Å². The number of para-hydroxylation sites is 2. The number of carbonyl (C=O) groups is 2. The molecule has 1 atom stereocenters. The number of esters is 1. The summed E-state index contributed by atoms with van der Waals surface area (Å²) in [6.45, 7) is 2.00. The minimum Gasteiger partial charge on any atom is -0.461 e. The van der Waals surface area contributed by atoms with Crippen LogP contribution in [0.4, 0.5) is 11.5 Å². The van der Waals surface area contributed by atoms with Crippen LogP contribution in [0, 0.1) is 0 Å². The molecule has 1 amide bonds. The number of amides is 1. The second kappa shape index (κ2) is 8.90. The van der Waals surface area contributed by atoms with Crippen LogP contribution >= 0.6 is 0 Å². The maximum Gasteiger partial charge on any atom is 0.354 e. The maximum atomic E-state index is 13.6. The molecule has 5 rings (SSSR count). The number of aryl methyl sites for hydroxylation is 1. The third kappa shape index (κ3) is 4.00. The van der Waals surface area contributed by atoms with Crippen molar-refractivity contribution in [2.24, 2.45) is 5.10 Å². The molecule has 1 aliphatic carbocycles. The summed E-state index contributed by atoms with van der Waals surface area (Å²) in [5.74, 6) is -0.0473. The number of carbonyl (C=O) groups excluding carboxylic acids is 2. The lowest BCUT2D eigenvalue weighted by Gasteiger charge is -2.23. The van der Waals surface area contributed by atoms with Gasteiger partial charge in [-0.3, -0.25) is 9.80 Å². The third-order valence-electron chi connectivity index (χ3n) is 5.89. The van der Waals surface area contributed by atoms with Crippen molar-refractivity contribution in [2.45, 2.75) is 38.6 Å². The number of anilines is 2. The highest BCUT2D eigenvalue weighted by Gasteiger charge is 2.38. The molecule has 1 aliphatic heterocycles. The molecule has 3 aromatic rings. The second-order valence-corrected chi connectivity index (χ2v) is 8.03. The van der Waals surface area contributed by atoms with E-state index in [1.165, 1.54) is 0 Å². The van der Waals surface area contributed by atoms with E-state index in [0.29, 0.717) is 5.82 Å². The van der Waals surface area contributed by atoms with E-state index in [4.69, 9.17) is 9.84 Å². The number of hydrogen-bond acceptors (Lipinski definition) is 6. The molecule has 1 aromatic heterocycles. The molecule has 1 unspecified atom stereocenters. The van der Waals surface area contributed by atoms with Gasteiger partial charge in [0.05, 0.1) is 23.7 Å². The Kier molecular flexibility index (Phi) is 5.64. The van der Waals surface area contributed by atoms with Gasteiger partial charge in [0.2, 0.25) is 0 Å². The first-order valence-electron chi connectivity index (χ1n) is 11.2. The Balaban J connectivity index is 1.47. The number of fused-ring (bicyclic) bond motifs is 1. The monoisotopic (exact) mass is 443 g/mol. The highest BCUT2D eigenvalue weighted by Crippen LogP contribution is 2.32. The molecule has 2 heterocycles. The summed E-state index contributed by atoms with van der Waals surface area (Å²) in [6.07, 6.45) is 2.95. The van der Waals surface area contributed by atoms with E-state index >= 15 is 0 Å². The van der Waals surface area contributed by atoms with Crippen LogP contribution < -0.4 is 10.3 Å². The average molecular weight is 444 g/mol. The van der Waals surface area contributed by atoms with Gasteiger partial charge in [0.1, 0.15) is 17.6 Å². The fourth-order valence-corrected chi connectivity index (χ4v) is 4.35. The normalized spacial score (nSPS) is 16.9. The molecule has 168 valence electrons. The highest BCUT2D eigenvalue weighted by atomic mass is 16.5. The number of ether oxygens (including phenoxy) is 1. The largest absolute Gasteiger partial charge is 0.461 e. The van der Waals surface area contributed by atoms with Crippen molar-refractivity contribution in [1.82, 2.24) is 9.78 Å². The van der Waals surface area contributed by atoms with Crippen LogP contribution in [0.2, 0.25) is 0 Å². The lowest BCUT2D eigenvalue weighted by molar-refractivity contribution is -0.135. The van der Waals surface area contributed by atoms with Crippen molar-refractivity contribution in [2.75, 3.05) is 16.9 Å². The topological polar surface area (TPSA) is 88.8 Å². The number of benzene rings is 2. The van der Waals surface area contributed by atoms with Gasteiger partial charge in [0, 0.05) is 12.0 Å². The first-order valence-corrected chi connectivity index (χ1v) is 11.2. The van der Waals surface area contributed by atoms with Gasteiger partial charge in [-0.05, 0) is 50.5 Å². The van der Waals surface area contributed by atoms with Crippen LogP contribution in [0.3, 0.4) is 0 Å². The zero-order valence-corrected chi connectivity index (χ0v) is 18.4. The Hall–Kier alpha value is -3.94. The average Bonchev–Trinajstić information content (AvgIpc) is 3.56. The molecular weight excluding hydrogens is 418 g/mol. The molecule has 1 N–H and O–H groups in total. The van der Waals surface area contributed by atoms with E-state index in [1.54, 1.807) is 16.6 Å². The second-order valence-electron chi connectivity index (χ2n) is 8.03. The van der Waals surface area contributed by atoms with Gasteiger partial charge >= 0.3 is 5.97 Å². The van der Waals surface area contributed by atoms with Gasteiger partial charge in [-0.1, -0.05) is 36.4 Å². The van der Waals surface area contributed by atoms with E-state index in [2.05, 4.69) is 10.4 Å². The summed E-state index contributed by atoms with van der Waals surface area (Å²) in [5.41, 5.74) is 3.95. The Morgan fingerprint density at radius 1 is 1.03 bits per heavy atom. The van der Waals surface area contributed by atoms with Gasteiger partial charge < -0.3 is 10.1 Å². The van der Waals surface area contributed by atoms with Crippen molar-refractivity contribution in [3.8, 4) is 5.69 Å². The Morgan fingerprint density at radius 2 is 1.73 bits per heavy atom. The zero-order chi connectivity index (χ0) is 22.8. The lowest BCUT2D eigenvalue weighted by atomic mass is 10.1. The van der Waals surface area contributed by atoms with Crippen LogP contribution in [-0.4, -0.2) is 40.0 Å².